The van der Waals surface area contributed by atoms with Crippen LogP contribution in [-0.4, -0.2) is 40.9 Å². The lowest BCUT2D eigenvalue weighted by atomic mass is 9.97. The summed E-state index contributed by atoms with van der Waals surface area (Å²) in [6.45, 7) is 3.92. The van der Waals surface area contributed by atoms with Crippen molar-refractivity contribution in [2.45, 2.75) is 44.7 Å². The Morgan fingerprint density at radius 3 is 2.81 bits per heavy atom. The summed E-state index contributed by atoms with van der Waals surface area (Å²) in [6, 6.07) is 7.78. The van der Waals surface area contributed by atoms with Gasteiger partial charge in [0.25, 0.3) is 5.78 Å². The van der Waals surface area contributed by atoms with Gasteiger partial charge in [0.15, 0.2) is 10.8 Å². The molecule has 0 spiro atoms. The zero-order valence-corrected chi connectivity index (χ0v) is 19.4. The van der Waals surface area contributed by atoms with Crippen molar-refractivity contribution in [3.63, 3.8) is 0 Å². The van der Waals surface area contributed by atoms with Crippen LogP contribution in [0.5, 0.6) is 0 Å². The van der Waals surface area contributed by atoms with E-state index in [2.05, 4.69) is 20.6 Å². The van der Waals surface area contributed by atoms with E-state index in [4.69, 9.17) is 4.98 Å². The Kier molecular flexibility index (Phi) is 4.65. The number of nitrogens with one attached hydrogen (secondary N) is 1. The predicted molar refractivity (Wildman–Crippen MR) is 127 cm³/mol. The number of anilines is 1. The number of fused-ring (bicyclic) bond motifs is 8. The van der Waals surface area contributed by atoms with Gasteiger partial charge in [0.05, 0.1) is 11.1 Å². The van der Waals surface area contributed by atoms with Crippen LogP contribution in [0.4, 0.5) is 5.69 Å². The van der Waals surface area contributed by atoms with Gasteiger partial charge in [0.2, 0.25) is 5.91 Å². The largest absolute Gasteiger partial charge is 0.325 e. The molecule has 10 heteroatoms. The summed E-state index contributed by atoms with van der Waals surface area (Å²) in [5.74, 6) is 1.52. The van der Waals surface area contributed by atoms with Gasteiger partial charge in [-0.3, -0.25) is 4.79 Å². The molecule has 162 valence electrons. The average Bonchev–Trinajstić information content (AvgIpc) is 3.47. The highest BCUT2D eigenvalue weighted by atomic mass is 32.2. The number of amides is 1. The minimum Gasteiger partial charge on any atom is -0.325 e. The van der Waals surface area contributed by atoms with Gasteiger partial charge in [0, 0.05) is 10.6 Å². The number of nitrogens with zero attached hydrogens (tertiary/aromatic N) is 6. The molecule has 4 aromatic heterocycles. The molecular weight excluding hydrogens is 442 g/mol. The maximum atomic E-state index is 12.6. The van der Waals surface area contributed by atoms with Gasteiger partial charge in [-0.15, -0.1) is 26.6 Å². The third-order valence-electron chi connectivity index (χ3n) is 5.77. The fourth-order valence-corrected chi connectivity index (χ4v) is 6.46. The molecule has 6 rings (SSSR count). The first kappa shape index (κ1) is 19.7. The number of thiophene rings is 1. The van der Waals surface area contributed by atoms with E-state index in [9.17, 15) is 4.79 Å². The minimum absolute atomic E-state index is 0.0741. The van der Waals surface area contributed by atoms with E-state index in [1.54, 1.807) is 15.9 Å². The van der Waals surface area contributed by atoms with Gasteiger partial charge in [-0.2, -0.15) is 4.52 Å². The molecule has 0 radical (unpaired) electrons. The summed E-state index contributed by atoms with van der Waals surface area (Å²) in [5, 5.41) is 18.2. The number of benzene rings is 1. The number of hydrogen-bond acceptors (Lipinski definition) is 7. The molecule has 1 aliphatic carbocycles. The number of aryl methyl sites for hydroxylation is 4. The fourth-order valence-electron chi connectivity index (χ4n) is 4.29. The Labute approximate surface area is 192 Å². The van der Waals surface area contributed by atoms with E-state index >= 15 is 0 Å². The van der Waals surface area contributed by atoms with E-state index in [-0.39, 0.29) is 11.7 Å². The second-order valence-electron chi connectivity index (χ2n) is 8.11. The predicted octanol–water partition coefficient (Wildman–Crippen LogP) is 4.21. The Hall–Kier alpha value is -2.98. The molecule has 4 heterocycles. The normalized spacial score (nSPS) is 13.8. The number of hydrogen-bond donors (Lipinski definition) is 1. The van der Waals surface area contributed by atoms with Gasteiger partial charge in [-0.05, 0) is 57.2 Å². The summed E-state index contributed by atoms with van der Waals surface area (Å²) in [6.07, 6.45) is 4.57. The van der Waals surface area contributed by atoms with Crippen molar-refractivity contribution in [3.8, 4) is 0 Å². The van der Waals surface area contributed by atoms with Crippen LogP contribution in [0, 0.1) is 13.8 Å². The van der Waals surface area contributed by atoms with Crippen molar-refractivity contribution in [3.05, 3.63) is 46.1 Å². The summed E-state index contributed by atoms with van der Waals surface area (Å²) in [7, 11) is 0. The lowest BCUT2D eigenvalue weighted by molar-refractivity contribution is -0.113. The van der Waals surface area contributed by atoms with Crippen molar-refractivity contribution in [2.75, 3.05) is 11.1 Å². The molecule has 0 atom stereocenters. The van der Waals surface area contributed by atoms with Crippen LogP contribution in [0.3, 0.4) is 0 Å². The van der Waals surface area contributed by atoms with Gasteiger partial charge < -0.3 is 5.32 Å². The van der Waals surface area contributed by atoms with Crippen molar-refractivity contribution in [1.29, 1.82) is 0 Å². The molecule has 5 aromatic rings. The topological polar surface area (TPSA) is 89.5 Å². The smallest absolute Gasteiger partial charge is 0.260 e. The molecule has 1 aromatic carbocycles. The van der Waals surface area contributed by atoms with Crippen LogP contribution in [0.15, 0.2) is 29.4 Å². The van der Waals surface area contributed by atoms with Gasteiger partial charge in [-0.25, -0.2) is 9.38 Å². The summed E-state index contributed by atoms with van der Waals surface area (Å²) in [4.78, 5) is 19.8. The number of carbonyl (C=O) groups excluding carboxylic acids is 1. The number of carbonyl (C=O) groups is 1. The van der Waals surface area contributed by atoms with Crippen molar-refractivity contribution in [2.24, 2.45) is 0 Å². The monoisotopic (exact) mass is 463 g/mol. The zero-order chi connectivity index (χ0) is 21.8. The highest BCUT2D eigenvalue weighted by Gasteiger charge is 2.25. The van der Waals surface area contributed by atoms with E-state index < -0.39 is 0 Å². The molecule has 1 N–H and O–H groups in total. The Bertz CT molecular complexity index is 1500. The maximum Gasteiger partial charge on any atom is 0.260 e. The molecule has 0 saturated carbocycles. The molecular formula is C22H21N7OS2. The second kappa shape index (κ2) is 7.56. The Morgan fingerprint density at radius 1 is 1.16 bits per heavy atom. The number of rotatable bonds is 4. The third kappa shape index (κ3) is 3.17. The third-order valence-corrected chi connectivity index (χ3v) is 7.97. The molecule has 0 bridgehead atoms. The first-order chi connectivity index (χ1) is 15.6. The van der Waals surface area contributed by atoms with E-state index in [1.807, 2.05) is 42.5 Å². The van der Waals surface area contributed by atoms with Crippen LogP contribution in [0.25, 0.3) is 21.6 Å². The average molecular weight is 464 g/mol. The highest BCUT2D eigenvalue weighted by Crippen LogP contribution is 2.39. The molecule has 0 aliphatic heterocycles. The van der Waals surface area contributed by atoms with Gasteiger partial charge in [-0.1, -0.05) is 29.5 Å². The summed E-state index contributed by atoms with van der Waals surface area (Å²) < 4.78 is 3.84. The van der Waals surface area contributed by atoms with Crippen molar-refractivity contribution >= 4 is 56.3 Å². The SMILES string of the molecule is Cc1ccc(NC(=O)CSc2nnc3n4nc(C)nc4c4c5c(sc4n23)CCCC5)cc1. The van der Waals surface area contributed by atoms with E-state index in [0.29, 0.717) is 16.8 Å². The molecule has 0 saturated heterocycles. The quantitative estimate of drug-likeness (QED) is 0.402. The Balaban J connectivity index is 1.40. The fraction of sp³-hybridized carbons (Fsp3) is 0.318. The van der Waals surface area contributed by atoms with Crippen LogP contribution in [0.1, 0.15) is 34.7 Å². The highest BCUT2D eigenvalue weighted by molar-refractivity contribution is 7.99. The molecule has 0 unspecified atom stereocenters. The lowest BCUT2D eigenvalue weighted by Gasteiger charge is -2.10. The number of thioether (sulfide) groups is 1. The molecule has 32 heavy (non-hydrogen) atoms. The van der Waals surface area contributed by atoms with Crippen LogP contribution >= 0.6 is 23.1 Å². The summed E-state index contributed by atoms with van der Waals surface area (Å²) in [5.41, 5.74) is 4.19. The molecule has 8 nitrogen and oxygen atoms in total. The van der Waals surface area contributed by atoms with Gasteiger partial charge >= 0.3 is 0 Å². The number of aromatic nitrogens is 6. The van der Waals surface area contributed by atoms with Crippen LogP contribution < -0.4 is 5.32 Å². The van der Waals surface area contributed by atoms with E-state index in [0.717, 1.165) is 40.0 Å². The van der Waals surface area contributed by atoms with Crippen molar-refractivity contribution < 1.29 is 4.79 Å². The van der Waals surface area contributed by atoms with Gasteiger partial charge in [0.1, 0.15) is 10.7 Å². The second-order valence-corrected chi connectivity index (χ2v) is 10.1. The van der Waals surface area contributed by atoms with E-state index in [1.165, 1.54) is 35.0 Å². The lowest BCUT2D eigenvalue weighted by Crippen LogP contribution is -2.14. The molecule has 1 aliphatic rings. The first-order valence-electron chi connectivity index (χ1n) is 10.6. The van der Waals surface area contributed by atoms with Crippen LogP contribution in [-0.2, 0) is 17.6 Å². The summed E-state index contributed by atoms with van der Waals surface area (Å²) >= 11 is 3.18. The standard InChI is InChI=1S/C22H21N7OS2/c1-12-7-9-14(10-8-12)24-17(30)11-31-22-26-25-21-28(22)20-18(19-23-13(2)27-29(19)21)15-5-3-4-6-16(15)32-20/h7-10H,3-6,11H2,1-2H3,(H,24,30). The maximum absolute atomic E-state index is 12.6. The molecule has 1 amide bonds. The first-order valence-corrected chi connectivity index (χ1v) is 12.4. The minimum atomic E-state index is -0.0741. The zero-order valence-electron chi connectivity index (χ0n) is 17.8. The molecule has 0 fully saturated rings. The van der Waals surface area contributed by atoms with Crippen molar-refractivity contribution in [1.82, 2.24) is 29.2 Å². The Morgan fingerprint density at radius 2 is 1.97 bits per heavy atom. The van der Waals surface area contributed by atoms with Crippen LogP contribution in [0.2, 0.25) is 0 Å².